The fourth-order valence-electron chi connectivity index (χ4n) is 3.25. The summed E-state index contributed by atoms with van der Waals surface area (Å²) in [6, 6.07) is 13.0. The third-order valence-electron chi connectivity index (χ3n) is 4.88. The lowest BCUT2D eigenvalue weighted by molar-refractivity contribution is -0.143. The van der Waals surface area contributed by atoms with Crippen molar-refractivity contribution in [2.24, 2.45) is 5.92 Å². The highest BCUT2D eigenvalue weighted by molar-refractivity contribution is 5.91. The van der Waals surface area contributed by atoms with Gasteiger partial charge in [0.2, 0.25) is 0 Å². The first-order valence-electron chi connectivity index (χ1n) is 9.07. The highest BCUT2D eigenvalue weighted by atomic mass is 16.5. The maximum atomic E-state index is 12.6. The van der Waals surface area contributed by atoms with Crippen LogP contribution in [0.1, 0.15) is 24.0 Å². The van der Waals surface area contributed by atoms with Gasteiger partial charge in [-0.2, -0.15) is 0 Å². The number of carbonyl (C=O) groups excluding carboxylic acids is 1. The summed E-state index contributed by atoms with van der Waals surface area (Å²) in [6.45, 7) is 4.83. The molecule has 0 bridgehead atoms. The molecule has 142 valence electrons. The van der Waals surface area contributed by atoms with Gasteiger partial charge in [0.15, 0.2) is 5.75 Å². The second-order valence-electron chi connectivity index (χ2n) is 6.85. The minimum Gasteiger partial charge on any atom is -0.481 e. The second kappa shape index (κ2) is 8.12. The number of carboxylic acids is 1. The average molecular weight is 368 g/mol. The monoisotopic (exact) mass is 368 g/mol. The molecule has 1 aliphatic heterocycles. The Kier molecular flexibility index (Phi) is 5.64. The van der Waals surface area contributed by atoms with Crippen molar-refractivity contribution in [3.63, 3.8) is 0 Å². The zero-order valence-electron chi connectivity index (χ0n) is 15.6. The van der Waals surface area contributed by atoms with Crippen LogP contribution < -0.4 is 10.1 Å². The van der Waals surface area contributed by atoms with Gasteiger partial charge < -0.3 is 20.1 Å². The molecule has 1 aliphatic rings. The molecule has 2 amide bonds. The predicted octanol–water partition coefficient (Wildman–Crippen LogP) is 4.42. The van der Waals surface area contributed by atoms with Crippen LogP contribution in [-0.2, 0) is 4.79 Å². The van der Waals surface area contributed by atoms with Crippen molar-refractivity contribution in [2.45, 2.75) is 26.7 Å². The van der Waals surface area contributed by atoms with Gasteiger partial charge in [0.1, 0.15) is 5.75 Å². The van der Waals surface area contributed by atoms with Crippen molar-refractivity contribution in [1.29, 1.82) is 0 Å². The van der Waals surface area contributed by atoms with E-state index >= 15 is 0 Å². The average Bonchev–Trinajstić information content (AvgIpc) is 2.66. The molecule has 0 saturated carbocycles. The van der Waals surface area contributed by atoms with E-state index in [4.69, 9.17) is 9.84 Å². The minimum atomic E-state index is -0.789. The van der Waals surface area contributed by atoms with Crippen LogP contribution >= 0.6 is 0 Å². The number of nitrogens with one attached hydrogen (secondary N) is 1. The summed E-state index contributed by atoms with van der Waals surface area (Å²) in [5.41, 5.74) is 2.63. The number of piperidine rings is 1. The van der Waals surface area contributed by atoms with Crippen molar-refractivity contribution >= 4 is 17.7 Å². The highest BCUT2D eigenvalue weighted by Gasteiger charge is 2.27. The second-order valence-corrected chi connectivity index (χ2v) is 6.85. The predicted molar refractivity (Wildman–Crippen MR) is 103 cm³/mol. The molecule has 6 nitrogen and oxygen atoms in total. The zero-order chi connectivity index (χ0) is 19.4. The number of urea groups is 1. The maximum Gasteiger partial charge on any atom is 0.321 e. The number of ether oxygens (including phenoxy) is 1. The molecule has 1 heterocycles. The number of amides is 2. The first-order valence-corrected chi connectivity index (χ1v) is 9.07. The van der Waals surface area contributed by atoms with Crippen molar-refractivity contribution < 1.29 is 19.4 Å². The summed E-state index contributed by atoms with van der Waals surface area (Å²) in [5, 5.41) is 12.0. The third kappa shape index (κ3) is 4.39. The van der Waals surface area contributed by atoms with Gasteiger partial charge in [-0.05, 0) is 49.9 Å². The van der Waals surface area contributed by atoms with E-state index in [9.17, 15) is 9.59 Å². The van der Waals surface area contributed by atoms with E-state index in [1.807, 2.05) is 50.2 Å². The van der Waals surface area contributed by atoms with Gasteiger partial charge in [-0.1, -0.05) is 30.3 Å². The van der Waals surface area contributed by atoms with Crippen molar-refractivity contribution in [3.8, 4) is 11.5 Å². The van der Waals surface area contributed by atoms with E-state index in [0.29, 0.717) is 37.4 Å². The Labute approximate surface area is 158 Å². The normalized spacial score (nSPS) is 14.7. The minimum absolute atomic E-state index is 0.239. The molecule has 0 aliphatic carbocycles. The molecular weight excluding hydrogens is 344 g/mol. The number of hydrogen-bond donors (Lipinski definition) is 2. The number of carboxylic acid groups (broad SMARTS) is 1. The number of carbonyl (C=O) groups is 2. The van der Waals surface area contributed by atoms with Crippen LogP contribution in [0.3, 0.4) is 0 Å². The molecule has 27 heavy (non-hydrogen) atoms. The van der Waals surface area contributed by atoms with Crippen molar-refractivity contribution in [1.82, 2.24) is 4.90 Å². The first kappa shape index (κ1) is 18.8. The number of benzene rings is 2. The van der Waals surface area contributed by atoms with Crippen LogP contribution in [0.25, 0.3) is 0 Å². The molecule has 3 rings (SSSR count). The summed E-state index contributed by atoms with van der Waals surface area (Å²) in [6.07, 6.45) is 0.951. The van der Waals surface area contributed by atoms with E-state index in [-0.39, 0.29) is 11.9 Å². The molecule has 1 fully saturated rings. The number of nitrogens with zero attached hydrogens (tertiary/aromatic N) is 1. The summed E-state index contributed by atoms with van der Waals surface area (Å²) in [4.78, 5) is 25.3. The molecular formula is C21H24N2O4. The number of hydrogen-bond acceptors (Lipinski definition) is 3. The summed E-state index contributed by atoms with van der Waals surface area (Å²) < 4.78 is 6.10. The Morgan fingerprint density at radius 3 is 2.30 bits per heavy atom. The lowest BCUT2D eigenvalue weighted by Crippen LogP contribution is -2.42. The number of likely N-dealkylation sites (tertiary alicyclic amines) is 1. The summed E-state index contributed by atoms with van der Waals surface area (Å²) >= 11 is 0. The van der Waals surface area contributed by atoms with Crippen LogP contribution in [0.5, 0.6) is 11.5 Å². The molecule has 2 aromatic carbocycles. The Hall–Kier alpha value is -3.02. The van der Waals surface area contributed by atoms with E-state index in [2.05, 4.69) is 5.32 Å². The first-order chi connectivity index (χ1) is 13.0. The fraction of sp³-hybridized carbons (Fsp3) is 0.333. The molecule has 0 unspecified atom stereocenters. The van der Waals surface area contributed by atoms with Crippen LogP contribution in [0.2, 0.25) is 0 Å². The Balaban J connectivity index is 1.71. The SMILES string of the molecule is Cc1cccc(C)c1Oc1ccccc1NC(=O)N1CCC(C(=O)O)CC1. The number of aryl methyl sites for hydroxylation is 2. The lowest BCUT2D eigenvalue weighted by atomic mass is 9.97. The van der Waals surface area contributed by atoms with Gasteiger partial charge in [0, 0.05) is 13.1 Å². The summed E-state index contributed by atoms with van der Waals surface area (Å²) in [7, 11) is 0. The third-order valence-corrected chi connectivity index (χ3v) is 4.88. The van der Waals surface area contributed by atoms with Crippen molar-refractivity contribution in [3.05, 3.63) is 53.6 Å². The number of rotatable bonds is 4. The number of aliphatic carboxylic acids is 1. The molecule has 6 heteroatoms. The molecule has 0 aromatic heterocycles. The molecule has 0 atom stereocenters. The molecule has 0 radical (unpaired) electrons. The van der Waals surface area contributed by atoms with Gasteiger partial charge in [0.05, 0.1) is 11.6 Å². The fourth-order valence-corrected chi connectivity index (χ4v) is 3.25. The Morgan fingerprint density at radius 1 is 1.04 bits per heavy atom. The molecule has 1 saturated heterocycles. The van der Waals surface area contributed by atoms with E-state index < -0.39 is 5.97 Å². The van der Waals surface area contributed by atoms with Gasteiger partial charge >= 0.3 is 12.0 Å². The lowest BCUT2D eigenvalue weighted by Gasteiger charge is -2.30. The number of para-hydroxylation sites is 3. The van der Waals surface area contributed by atoms with Gasteiger partial charge in [0.25, 0.3) is 0 Å². The molecule has 2 aromatic rings. The van der Waals surface area contributed by atoms with E-state index in [0.717, 1.165) is 16.9 Å². The van der Waals surface area contributed by atoms with Gasteiger partial charge in [-0.15, -0.1) is 0 Å². The number of anilines is 1. The Morgan fingerprint density at radius 2 is 1.67 bits per heavy atom. The van der Waals surface area contributed by atoms with Crippen LogP contribution in [0.15, 0.2) is 42.5 Å². The van der Waals surface area contributed by atoms with E-state index in [1.165, 1.54) is 0 Å². The molecule has 2 N–H and O–H groups in total. The maximum absolute atomic E-state index is 12.6. The standard InChI is InChI=1S/C21H24N2O4/c1-14-6-5-7-15(2)19(14)27-18-9-4-3-8-17(18)22-21(26)23-12-10-16(11-13-23)20(24)25/h3-9,16H,10-13H2,1-2H3,(H,22,26)(H,24,25). The Bertz CT molecular complexity index is 822. The van der Waals surface area contributed by atoms with Crippen molar-refractivity contribution in [2.75, 3.05) is 18.4 Å². The van der Waals surface area contributed by atoms with Gasteiger partial charge in [-0.25, -0.2) is 4.79 Å². The largest absolute Gasteiger partial charge is 0.481 e. The zero-order valence-corrected chi connectivity index (χ0v) is 15.6. The van der Waals surface area contributed by atoms with E-state index in [1.54, 1.807) is 11.0 Å². The van der Waals surface area contributed by atoms with Crippen LogP contribution in [0.4, 0.5) is 10.5 Å². The van der Waals surface area contributed by atoms with Gasteiger partial charge in [-0.3, -0.25) is 4.79 Å². The quantitative estimate of drug-likeness (QED) is 0.837. The highest BCUT2D eigenvalue weighted by Crippen LogP contribution is 2.33. The van der Waals surface area contributed by atoms with Crippen LogP contribution in [0, 0.1) is 19.8 Å². The topological polar surface area (TPSA) is 78.9 Å². The van der Waals surface area contributed by atoms with Crippen LogP contribution in [-0.4, -0.2) is 35.1 Å². The smallest absolute Gasteiger partial charge is 0.321 e. The summed E-state index contributed by atoms with van der Waals surface area (Å²) in [5.74, 6) is 0.196. The molecule has 0 spiro atoms.